The van der Waals surface area contributed by atoms with Gasteiger partial charge in [0.1, 0.15) is 6.17 Å². The van der Waals surface area contributed by atoms with Gasteiger partial charge >= 0.3 is 6.18 Å². The van der Waals surface area contributed by atoms with E-state index in [1.165, 1.54) is 13.0 Å². The van der Waals surface area contributed by atoms with E-state index < -0.39 is 17.9 Å². The van der Waals surface area contributed by atoms with Crippen LogP contribution in [0.3, 0.4) is 0 Å². The molecule has 9 heteroatoms. The predicted octanol–water partition coefficient (Wildman–Crippen LogP) is 4.07. The number of likely N-dealkylation sites (N-methyl/N-ethyl adjacent to an activating group) is 1. The number of nitrogens with one attached hydrogen (secondary N) is 1. The highest BCUT2D eigenvalue weighted by Gasteiger charge is 2.33. The van der Waals surface area contributed by atoms with Gasteiger partial charge < -0.3 is 15.5 Å². The predicted molar refractivity (Wildman–Crippen MR) is 128 cm³/mol. The van der Waals surface area contributed by atoms with E-state index in [0.29, 0.717) is 11.4 Å². The molecule has 0 bridgehead atoms. The number of rotatable bonds is 5. The number of hydrogen-bond donors (Lipinski definition) is 2. The highest BCUT2D eigenvalue weighted by atomic mass is 19.4. The number of hydrogen-bond acceptors (Lipinski definition) is 5. The lowest BCUT2D eigenvalue weighted by Crippen LogP contribution is -2.29. The molecular formula is C24H31F3N6. The number of anilines is 1. The smallest absolute Gasteiger partial charge is 0.370 e. The molecule has 1 saturated heterocycles. The Morgan fingerprint density at radius 3 is 2.58 bits per heavy atom. The van der Waals surface area contributed by atoms with Gasteiger partial charge in [0.25, 0.3) is 0 Å². The van der Waals surface area contributed by atoms with Gasteiger partial charge in [0.05, 0.1) is 5.56 Å². The van der Waals surface area contributed by atoms with Crippen LogP contribution in [0, 0.1) is 13.8 Å². The molecule has 1 aliphatic heterocycles. The van der Waals surface area contributed by atoms with Crippen molar-refractivity contribution in [1.82, 2.24) is 10.3 Å². The van der Waals surface area contributed by atoms with Gasteiger partial charge in [-0.25, -0.2) is 4.99 Å². The van der Waals surface area contributed by atoms with Gasteiger partial charge in [-0.15, -0.1) is 0 Å². The van der Waals surface area contributed by atoms with Crippen LogP contribution >= 0.6 is 0 Å². The van der Waals surface area contributed by atoms with Gasteiger partial charge in [0.2, 0.25) is 0 Å². The third kappa shape index (κ3) is 5.91. The van der Waals surface area contributed by atoms with Crippen molar-refractivity contribution in [3.05, 3.63) is 64.2 Å². The second-order valence-electron chi connectivity index (χ2n) is 8.35. The highest BCUT2D eigenvalue weighted by molar-refractivity contribution is 6.01. The van der Waals surface area contributed by atoms with Crippen molar-refractivity contribution >= 4 is 18.2 Å². The van der Waals surface area contributed by atoms with E-state index in [2.05, 4.69) is 45.2 Å². The summed E-state index contributed by atoms with van der Waals surface area (Å²) >= 11 is 0. The van der Waals surface area contributed by atoms with Crippen LogP contribution in [0.5, 0.6) is 0 Å². The lowest BCUT2D eigenvalue weighted by Gasteiger charge is -2.24. The molecule has 3 N–H and O–H groups in total. The molecule has 2 aromatic carbocycles. The summed E-state index contributed by atoms with van der Waals surface area (Å²) in [5.74, 6) is 0.362. The maximum Gasteiger partial charge on any atom is 0.416 e. The molecule has 1 fully saturated rings. The van der Waals surface area contributed by atoms with E-state index in [4.69, 9.17) is 5.73 Å². The molecule has 0 radical (unpaired) electrons. The standard InChI is InChI=1S/C24H31F3N6/c1-16-9-10-18(33-12-6-11-32(4)13-14-33)15-20(16)23(31-29-3)30-22(28)19-7-5-8-21(17(19)2)24(25,26)27/h5,7-10,15,22H,3,6,11-14,28H2,1-2,4H3,(H,30,31)/t22-/m0/s1. The summed E-state index contributed by atoms with van der Waals surface area (Å²) in [4.78, 5) is 9.15. The first-order chi connectivity index (χ1) is 15.6. The molecule has 0 aliphatic carbocycles. The molecular weight excluding hydrogens is 429 g/mol. The summed E-state index contributed by atoms with van der Waals surface area (Å²) in [5.41, 5.74) is 11.5. The minimum atomic E-state index is -4.46. The number of aryl methyl sites for hydroxylation is 1. The van der Waals surface area contributed by atoms with Crippen LogP contribution in [0.1, 0.15) is 40.4 Å². The molecule has 6 nitrogen and oxygen atoms in total. The molecule has 178 valence electrons. The first kappa shape index (κ1) is 24.7. The number of aliphatic imine (C=N–C) groups is 1. The van der Waals surface area contributed by atoms with Crippen molar-refractivity contribution in [2.24, 2.45) is 15.8 Å². The molecule has 0 aromatic heterocycles. The maximum atomic E-state index is 13.3. The summed E-state index contributed by atoms with van der Waals surface area (Å²) in [6.45, 7) is 10.7. The molecule has 0 unspecified atom stereocenters. The molecule has 0 amide bonds. The highest BCUT2D eigenvalue weighted by Crippen LogP contribution is 2.34. The van der Waals surface area contributed by atoms with Crippen molar-refractivity contribution in [3.8, 4) is 0 Å². The quantitative estimate of drug-likeness (QED) is 0.401. The SMILES string of the molecule is C=NNC(=N[C@H](N)c1cccc(C(F)(F)F)c1C)c1cc(N2CCCN(C)CC2)ccc1C. The molecule has 1 aliphatic rings. The minimum Gasteiger partial charge on any atom is -0.370 e. The topological polar surface area (TPSA) is 69.2 Å². The maximum absolute atomic E-state index is 13.3. The Balaban J connectivity index is 1.98. The molecule has 0 saturated carbocycles. The van der Waals surface area contributed by atoms with Crippen LogP contribution in [-0.4, -0.2) is 50.7 Å². The van der Waals surface area contributed by atoms with Gasteiger partial charge in [0, 0.05) is 37.6 Å². The summed E-state index contributed by atoms with van der Waals surface area (Å²) in [6, 6.07) is 10.0. The van der Waals surface area contributed by atoms with Crippen LogP contribution < -0.4 is 16.1 Å². The van der Waals surface area contributed by atoms with E-state index in [-0.39, 0.29) is 5.56 Å². The number of amidine groups is 1. The molecule has 0 spiro atoms. The van der Waals surface area contributed by atoms with Gasteiger partial charge in [-0.3, -0.25) is 5.43 Å². The van der Waals surface area contributed by atoms with Gasteiger partial charge in [-0.05, 0) is 68.8 Å². The summed E-state index contributed by atoms with van der Waals surface area (Å²) in [5, 5.41) is 3.76. The zero-order valence-electron chi connectivity index (χ0n) is 19.3. The van der Waals surface area contributed by atoms with Crippen molar-refractivity contribution in [2.75, 3.05) is 38.1 Å². The number of nitrogens with two attached hydrogens (primary N) is 1. The molecule has 1 atom stereocenters. The average Bonchev–Trinajstić information content (AvgIpc) is 2.97. The Bertz CT molecular complexity index is 1020. The van der Waals surface area contributed by atoms with Crippen molar-refractivity contribution in [1.29, 1.82) is 0 Å². The first-order valence-corrected chi connectivity index (χ1v) is 10.9. The minimum absolute atomic E-state index is 0.0614. The van der Waals surface area contributed by atoms with E-state index in [1.807, 2.05) is 19.1 Å². The van der Waals surface area contributed by atoms with Gasteiger partial charge in [-0.1, -0.05) is 18.2 Å². The van der Waals surface area contributed by atoms with Crippen molar-refractivity contribution in [3.63, 3.8) is 0 Å². The average molecular weight is 461 g/mol. The zero-order chi connectivity index (χ0) is 24.2. The van der Waals surface area contributed by atoms with E-state index in [1.54, 1.807) is 6.07 Å². The van der Waals surface area contributed by atoms with Crippen LogP contribution in [0.4, 0.5) is 18.9 Å². The summed E-state index contributed by atoms with van der Waals surface area (Å²) in [7, 11) is 2.12. The number of halogens is 3. The number of benzene rings is 2. The third-order valence-corrected chi connectivity index (χ3v) is 6.01. The fourth-order valence-corrected chi connectivity index (χ4v) is 4.09. The third-order valence-electron chi connectivity index (χ3n) is 6.01. The number of alkyl halides is 3. The monoisotopic (exact) mass is 460 g/mol. The van der Waals surface area contributed by atoms with Crippen LogP contribution in [0.15, 0.2) is 46.5 Å². The first-order valence-electron chi connectivity index (χ1n) is 10.9. The Kier molecular flexibility index (Phi) is 7.76. The van der Waals surface area contributed by atoms with Crippen molar-refractivity contribution < 1.29 is 13.2 Å². The van der Waals surface area contributed by atoms with Crippen LogP contribution in [0.25, 0.3) is 0 Å². The summed E-state index contributed by atoms with van der Waals surface area (Å²) < 4.78 is 40.0. The number of hydrazone groups is 1. The second kappa shape index (κ2) is 10.4. The largest absolute Gasteiger partial charge is 0.416 e. The van der Waals surface area contributed by atoms with Crippen LogP contribution in [0.2, 0.25) is 0 Å². The Morgan fingerprint density at radius 1 is 1.12 bits per heavy atom. The van der Waals surface area contributed by atoms with Crippen LogP contribution in [-0.2, 0) is 6.18 Å². The number of nitrogens with zero attached hydrogens (tertiary/aromatic N) is 4. The lowest BCUT2D eigenvalue weighted by atomic mass is 10.00. The summed E-state index contributed by atoms with van der Waals surface area (Å²) in [6.07, 6.45) is -4.40. The molecule has 2 aromatic rings. The van der Waals surface area contributed by atoms with E-state index in [0.717, 1.165) is 55.5 Å². The normalized spacial score (nSPS) is 16.9. The second-order valence-corrected chi connectivity index (χ2v) is 8.35. The van der Waals surface area contributed by atoms with Gasteiger partial charge in [0.15, 0.2) is 5.84 Å². The van der Waals surface area contributed by atoms with Crippen molar-refractivity contribution in [2.45, 2.75) is 32.6 Å². The Hall–Kier alpha value is -2.91. The fraction of sp³-hybridized carbons (Fsp3) is 0.417. The Labute approximate surface area is 193 Å². The fourth-order valence-electron chi connectivity index (χ4n) is 4.09. The van der Waals surface area contributed by atoms with E-state index >= 15 is 0 Å². The lowest BCUT2D eigenvalue weighted by molar-refractivity contribution is -0.138. The Morgan fingerprint density at radius 2 is 1.88 bits per heavy atom. The molecule has 33 heavy (non-hydrogen) atoms. The van der Waals surface area contributed by atoms with Gasteiger partial charge in [-0.2, -0.15) is 18.3 Å². The molecule has 1 heterocycles. The van der Waals surface area contributed by atoms with E-state index in [9.17, 15) is 13.2 Å². The zero-order valence-corrected chi connectivity index (χ0v) is 19.3. The molecule has 3 rings (SSSR count).